The van der Waals surface area contributed by atoms with E-state index in [1.165, 1.54) is 16.9 Å². The van der Waals surface area contributed by atoms with E-state index in [4.69, 9.17) is 13.9 Å². The smallest absolute Gasteiger partial charge is 0.344 e. The second kappa shape index (κ2) is 10.0. The van der Waals surface area contributed by atoms with E-state index in [1.54, 1.807) is 18.2 Å². The van der Waals surface area contributed by atoms with Crippen LogP contribution in [0.15, 0.2) is 34.7 Å². The Morgan fingerprint density at radius 2 is 1.85 bits per heavy atom. The Kier molecular flexibility index (Phi) is 7.07. The van der Waals surface area contributed by atoms with Crippen molar-refractivity contribution in [3.8, 4) is 5.75 Å². The summed E-state index contributed by atoms with van der Waals surface area (Å²) in [5, 5.41) is 3.88. The highest BCUT2D eigenvalue weighted by molar-refractivity contribution is 7.14. The highest BCUT2D eigenvalue weighted by atomic mass is 32.1. The number of carbonyl (C=O) groups is 3. The summed E-state index contributed by atoms with van der Waals surface area (Å²) < 4.78 is 16.6. The first-order chi connectivity index (χ1) is 16.2. The van der Waals surface area contributed by atoms with Crippen LogP contribution in [0.3, 0.4) is 0 Å². The molecular weight excluding hydrogens is 454 g/mol. The van der Waals surface area contributed by atoms with Crippen LogP contribution in [0.5, 0.6) is 5.75 Å². The predicted octanol–water partition coefficient (Wildman–Crippen LogP) is 4.84. The maximum absolute atomic E-state index is 12.4. The van der Waals surface area contributed by atoms with Gasteiger partial charge in [0.05, 0.1) is 11.4 Å². The quantitative estimate of drug-likeness (QED) is 0.364. The van der Waals surface area contributed by atoms with Crippen LogP contribution in [0.1, 0.15) is 59.5 Å². The summed E-state index contributed by atoms with van der Waals surface area (Å²) in [6.45, 7) is 5.23. The Hall–Kier alpha value is -3.13. The van der Waals surface area contributed by atoms with Crippen molar-refractivity contribution in [1.82, 2.24) is 5.32 Å². The van der Waals surface area contributed by atoms with Gasteiger partial charge >= 0.3 is 5.97 Å². The summed E-state index contributed by atoms with van der Waals surface area (Å²) in [4.78, 5) is 37.8. The average molecular weight is 484 g/mol. The van der Waals surface area contributed by atoms with Crippen molar-refractivity contribution in [2.75, 3.05) is 13.2 Å². The summed E-state index contributed by atoms with van der Waals surface area (Å²) >= 11 is 1.27. The lowest BCUT2D eigenvalue weighted by atomic mass is 9.96. The van der Waals surface area contributed by atoms with E-state index in [-0.39, 0.29) is 24.9 Å². The largest absolute Gasteiger partial charge is 0.482 e. The van der Waals surface area contributed by atoms with Crippen molar-refractivity contribution < 1.29 is 28.3 Å². The van der Waals surface area contributed by atoms with Crippen LogP contribution in [-0.2, 0) is 33.7 Å². The zero-order chi connectivity index (χ0) is 24.3. The standard InChI is InChI=1S/C26H29NO6S/c1-26(2,3)25(30)27-13-17-9-11-23(34-17)20(28)14-32-24(29)15-31-16-8-10-22-19(12-16)18-6-4-5-7-21(18)33-22/h8-12H,4-7,13-15H2,1-3H3,(H,27,30). The minimum atomic E-state index is -0.614. The lowest BCUT2D eigenvalue weighted by Gasteiger charge is -2.17. The number of thiophene rings is 1. The number of fused-ring (bicyclic) bond motifs is 3. The van der Waals surface area contributed by atoms with Gasteiger partial charge in [0.1, 0.15) is 17.1 Å². The van der Waals surface area contributed by atoms with Gasteiger partial charge in [-0.3, -0.25) is 9.59 Å². The van der Waals surface area contributed by atoms with Gasteiger partial charge in [-0.2, -0.15) is 0 Å². The van der Waals surface area contributed by atoms with E-state index < -0.39 is 11.4 Å². The minimum absolute atomic E-state index is 0.0606. The average Bonchev–Trinajstić information content (AvgIpc) is 3.43. The van der Waals surface area contributed by atoms with E-state index in [0.717, 1.165) is 47.3 Å². The molecule has 1 N–H and O–H groups in total. The molecule has 3 aromatic rings. The zero-order valence-corrected chi connectivity index (χ0v) is 20.5. The number of ether oxygens (including phenoxy) is 2. The lowest BCUT2D eigenvalue weighted by Crippen LogP contribution is -2.34. The summed E-state index contributed by atoms with van der Waals surface area (Å²) in [6.07, 6.45) is 4.23. The molecule has 0 saturated heterocycles. The van der Waals surface area contributed by atoms with Gasteiger partial charge in [-0.1, -0.05) is 20.8 Å². The van der Waals surface area contributed by atoms with E-state index in [2.05, 4.69) is 5.32 Å². The Balaban J connectivity index is 1.25. The predicted molar refractivity (Wildman–Crippen MR) is 129 cm³/mol. The number of hydrogen-bond acceptors (Lipinski definition) is 7. The summed E-state index contributed by atoms with van der Waals surface area (Å²) in [5.74, 6) is 0.638. The first-order valence-corrected chi connectivity index (χ1v) is 12.3. The first kappa shape index (κ1) is 24.0. The van der Waals surface area contributed by atoms with Crippen molar-refractivity contribution in [2.24, 2.45) is 5.41 Å². The monoisotopic (exact) mass is 483 g/mol. The van der Waals surface area contributed by atoms with Gasteiger partial charge in [0.2, 0.25) is 11.7 Å². The number of carbonyl (C=O) groups excluding carboxylic acids is 3. The number of aryl methyl sites for hydroxylation is 2. The van der Waals surface area contributed by atoms with E-state index >= 15 is 0 Å². The fraction of sp³-hybridized carbons (Fsp3) is 0.423. The second-order valence-electron chi connectivity index (χ2n) is 9.44. The minimum Gasteiger partial charge on any atom is -0.482 e. The molecule has 1 aliphatic rings. The molecule has 2 aromatic heterocycles. The SMILES string of the molecule is CC(C)(C)C(=O)NCc1ccc(C(=O)COC(=O)COc2ccc3oc4c(c3c2)CCCC4)s1. The van der Waals surface area contributed by atoms with Gasteiger partial charge in [0.25, 0.3) is 0 Å². The van der Waals surface area contributed by atoms with Crippen LogP contribution in [-0.4, -0.2) is 30.9 Å². The van der Waals surface area contributed by atoms with Gasteiger partial charge in [-0.15, -0.1) is 11.3 Å². The van der Waals surface area contributed by atoms with Crippen LogP contribution in [0, 0.1) is 5.41 Å². The van der Waals surface area contributed by atoms with E-state index in [9.17, 15) is 14.4 Å². The highest BCUT2D eigenvalue weighted by Gasteiger charge is 2.21. The lowest BCUT2D eigenvalue weighted by molar-refractivity contribution is -0.144. The van der Waals surface area contributed by atoms with Crippen LogP contribution >= 0.6 is 11.3 Å². The number of rotatable bonds is 8. The third-order valence-corrected chi connectivity index (χ3v) is 6.81. The van der Waals surface area contributed by atoms with Gasteiger partial charge < -0.3 is 19.2 Å². The molecular formula is C26H29NO6S. The van der Waals surface area contributed by atoms with Crippen LogP contribution in [0.2, 0.25) is 0 Å². The molecule has 0 unspecified atom stereocenters. The zero-order valence-electron chi connectivity index (χ0n) is 19.7. The molecule has 1 amide bonds. The maximum atomic E-state index is 12.4. The molecule has 0 saturated carbocycles. The van der Waals surface area contributed by atoms with Gasteiger partial charge in [-0.05, 0) is 49.6 Å². The first-order valence-electron chi connectivity index (χ1n) is 11.4. The van der Waals surface area contributed by atoms with Crippen molar-refractivity contribution in [3.63, 3.8) is 0 Å². The summed E-state index contributed by atoms with van der Waals surface area (Å²) in [6, 6.07) is 8.98. The number of benzene rings is 1. The molecule has 1 aliphatic carbocycles. The molecule has 0 radical (unpaired) electrons. The summed E-state index contributed by atoms with van der Waals surface area (Å²) in [7, 11) is 0. The maximum Gasteiger partial charge on any atom is 0.344 e. The van der Waals surface area contributed by atoms with Crippen LogP contribution in [0.4, 0.5) is 0 Å². The fourth-order valence-corrected chi connectivity index (χ4v) is 4.66. The van der Waals surface area contributed by atoms with Gasteiger partial charge in [0.15, 0.2) is 13.2 Å². The van der Waals surface area contributed by atoms with Gasteiger partial charge in [-0.25, -0.2) is 4.79 Å². The molecule has 2 heterocycles. The van der Waals surface area contributed by atoms with Crippen molar-refractivity contribution in [3.05, 3.63) is 51.4 Å². The van der Waals surface area contributed by atoms with Crippen LogP contribution < -0.4 is 10.1 Å². The van der Waals surface area contributed by atoms with Crippen molar-refractivity contribution in [1.29, 1.82) is 0 Å². The molecule has 0 bridgehead atoms. The molecule has 0 aliphatic heterocycles. The Morgan fingerprint density at radius 1 is 1.06 bits per heavy atom. The van der Waals surface area contributed by atoms with Gasteiger partial charge in [0, 0.05) is 27.7 Å². The second-order valence-corrected chi connectivity index (χ2v) is 10.6. The fourth-order valence-electron chi connectivity index (χ4n) is 3.79. The van der Waals surface area contributed by atoms with Crippen molar-refractivity contribution >= 4 is 40.0 Å². The van der Waals surface area contributed by atoms with E-state index in [0.29, 0.717) is 17.2 Å². The molecule has 4 rings (SSSR count). The Morgan fingerprint density at radius 3 is 2.65 bits per heavy atom. The third-order valence-electron chi connectivity index (χ3n) is 5.69. The number of furan rings is 1. The number of ketones is 1. The third kappa shape index (κ3) is 5.67. The number of nitrogens with one attached hydrogen (secondary N) is 1. The highest BCUT2D eigenvalue weighted by Crippen LogP contribution is 2.34. The molecule has 1 aromatic carbocycles. The Bertz CT molecular complexity index is 1220. The Labute approximate surface area is 202 Å². The molecule has 7 nitrogen and oxygen atoms in total. The number of esters is 1. The molecule has 0 atom stereocenters. The molecule has 8 heteroatoms. The topological polar surface area (TPSA) is 94.8 Å². The molecule has 180 valence electrons. The van der Waals surface area contributed by atoms with E-state index in [1.807, 2.05) is 32.9 Å². The molecule has 34 heavy (non-hydrogen) atoms. The van der Waals surface area contributed by atoms with Crippen LogP contribution in [0.25, 0.3) is 11.0 Å². The van der Waals surface area contributed by atoms with Crippen molar-refractivity contribution in [2.45, 2.75) is 53.0 Å². The molecule has 0 spiro atoms. The number of hydrogen-bond donors (Lipinski definition) is 1. The summed E-state index contributed by atoms with van der Waals surface area (Å²) in [5.41, 5.74) is 1.59. The number of Topliss-reactive ketones (excluding diaryl/α,β-unsaturated/α-hetero) is 1. The number of amides is 1. The molecule has 0 fully saturated rings. The normalized spacial score (nSPS) is 13.4.